The number of thiocarbonyl (C=S) groups is 1. The van der Waals surface area contributed by atoms with Crippen LogP contribution in [0, 0.1) is 0 Å². The Kier molecular flexibility index (Phi) is 5.50. The number of para-hydroxylation sites is 1. The number of fused-ring (bicyclic) bond motifs is 1. The Hall–Kier alpha value is -2.18. The number of nitrogens with one attached hydrogen (secondary N) is 1. The van der Waals surface area contributed by atoms with E-state index in [0.717, 1.165) is 22.0 Å². The van der Waals surface area contributed by atoms with Crippen molar-refractivity contribution in [3.8, 4) is 5.75 Å². The fourth-order valence-corrected chi connectivity index (χ4v) is 3.76. The van der Waals surface area contributed by atoms with Crippen LogP contribution in [0.2, 0.25) is 0 Å². The van der Waals surface area contributed by atoms with Crippen LogP contribution < -0.4 is 10.1 Å². The summed E-state index contributed by atoms with van der Waals surface area (Å²) in [4.78, 5) is 6.76. The van der Waals surface area contributed by atoms with Gasteiger partial charge in [-0.3, -0.25) is 0 Å². The lowest BCUT2D eigenvalue weighted by Crippen LogP contribution is -2.33. The van der Waals surface area contributed by atoms with Crippen LogP contribution in [0.4, 0.5) is 5.69 Å². The van der Waals surface area contributed by atoms with Gasteiger partial charge in [-0.15, -0.1) is 11.3 Å². The molecule has 3 rings (SSSR count). The van der Waals surface area contributed by atoms with E-state index in [1.54, 1.807) is 11.3 Å². The van der Waals surface area contributed by atoms with E-state index >= 15 is 0 Å². The molecular weight excluding hydrogens is 350 g/mol. The summed E-state index contributed by atoms with van der Waals surface area (Å²) in [7, 11) is 1.99. The molecule has 1 atom stereocenters. The SMILES string of the molecule is CCOc1ccc(NC(=S)N(C)[C@H](C)c2nc3ccccc3s2)cc1. The molecule has 0 radical (unpaired) electrons. The summed E-state index contributed by atoms with van der Waals surface area (Å²) in [5, 5.41) is 4.99. The average Bonchev–Trinajstić information content (AvgIpc) is 3.06. The van der Waals surface area contributed by atoms with Gasteiger partial charge in [-0.05, 0) is 62.5 Å². The summed E-state index contributed by atoms with van der Waals surface area (Å²) in [6.07, 6.45) is 0. The van der Waals surface area contributed by atoms with E-state index < -0.39 is 0 Å². The summed E-state index contributed by atoms with van der Waals surface area (Å²) >= 11 is 7.27. The van der Waals surface area contributed by atoms with Crippen molar-refractivity contribution in [3.63, 3.8) is 0 Å². The van der Waals surface area contributed by atoms with Gasteiger partial charge in [0.15, 0.2) is 5.11 Å². The Morgan fingerprint density at radius 2 is 1.96 bits per heavy atom. The lowest BCUT2D eigenvalue weighted by Gasteiger charge is -2.26. The van der Waals surface area contributed by atoms with Crippen LogP contribution in [-0.2, 0) is 0 Å². The predicted octanol–water partition coefficient (Wildman–Crippen LogP) is 5.08. The smallest absolute Gasteiger partial charge is 0.173 e. The van der Waals surface area contributed by atoms with E-state index in [1.807, 2.05) is 61.3 Å². The highest BCUT2D eigenvalue weighted by Gasteiger charge is 2.18. The second-order valence-corrected chi connectivity index (χ2v) is 7.14. The maximum atomic E-state index is 5.56. The van der Waals surface area contributed by atoms with Crippen molar-refractivity contribution in [1.29, 1.82) is 0 Å². The van der Waals surface area contributed by atoms with Crippen LogP contribution in [0.5, 0.6) is 5.75 Å². The molecule has 0 bridgehead atoms. The van der Waals surface area contributed by atoms with Gasteiger partial charge in [-0.1, -0.05) is 12.1 Å². The minimum atomic E-state index is 0.0973. The third kappa shape index (κ3) is 4.08. The minimum absolute atomic E-state index is 0.0973. The molecule has 0 aliphatic rings. The van der Waals surface area contributed by atoms with E-state index in [-0.39, 0.29) is 6.04 Å². The molecule has 0 saturated heterocycles. The molecule has 6 heteroatoms. The van der Waals surface area contributed by atoms with E-state index in [9.17, 15) is 0 Å². The molecule has 2 aromatic carbocycles. The monoisotopic (exact) mass is 371 g/mol. The van der Waals surface area contributed by atoms with Crippen molar-refractivity contribution in [2.75, 3.05) is 19.0 Å². The van der Waals surface area contributed by atoms with Gasteiger partial charge in [0.1, 0.15) is 10.8 Å². The molecule has 0 aliphatic carbocycles. The van der Waals surface area contributed by atoms with Gasteiger partial charge >= 0.3 is 0 Å². The molecular formula is C19H21N3OS2. The second-order valence-electron chi connectivity index (χ2n) is 5.69. The molecule has 1 heterocycles. The summed E-state index contributed by atoms with van der Waals surface area (Å²) in [6, 6.07) is 16.1. The van der Waals surface area contributed by atoms with Crippen LogP contribution in [-0.4, -0.2) is 28.7 Å². The normalized spacial score (nSPS) is 12.0. The molecule has 0 amide bonds. The molecule has 1 N–H and O–H groups in total. The highest BCUT2D eigenvalue weighted by molar-refractivity contribution is 7.80. The largest absolute Gasteiger partial charge is 0.494 e. The summed E-state index contributed by atoms with van der Waals surface area (Å²) in [5.41, 5.74) is 1.98. The molecule has 0 spiro atoms. The molecule has 4 nitrogen and oxygen atoms in total. The highest BCUT2D eigenvalue weighted by Crippen LogP contribution is 2.29. The zero-order chi connectivity index (χ0) is 17.8. The lowest BCUT2D eigenvalue weighted by molar-refractivity contribution is 0.340. The maximum Gasteiger partial charge on any atom is 0.173 e. The lowest BCUT2D eigenvalue weighted by atomic mass is 10.3. The van der Waals surface area contributed by atoms with Gasteiger partial charge in [0.25, 0.3) is 0 Å². The molecule has 3 aromatic rings. The van der Waals surface area contributed by atoms with Gasteiger partial charge < -0.3 is 15.0 Å². The van der Waals surface area contributed by atoms with Gasteiger partial charge in [-0.25, -0.2) is 4.98 Å². The quantitative estimate of drug-likeness (QED) is 0.633. The molecule has 25 heavy (non-hydrogen) atoms. The fourth-order valence-electron chi connectivity index (χ4n) is 2.42. The number of aromatic nitrogens is 1. The van der Waals surface area contributed by atoms with Crippen LogP contribution >= 0.6 is 23.6 Å². The van der Waals surface area contributed by atoms with Crippen molar-refractivity contribution in [3.05, 3.63) is 53.5 Å². The number of benzene rings is 2. The Bertz CT molecular complexity index is 827. The number of rotatable bonds is 5. The number of hydrogen-bond donors (Lipinski definition) is 1. The van der Waals surface area contributed by atoms with E-state index in [4.69, 9.17) is 21.9 Å². The van der Waals surface area contributed by atoms with Crippen LogP contribution in [0.25, 0.3) is 10.2 Å². The Balaban J connectivity index is 1.68. The molecule has 1 aromatic heterocycles. The highest BCUT2D eigenvalue weighted by atomic mass is 32.1. The predicted molar refractivity (Wildman–Crippen MR) is 110 cm³/mol. The van der Waals surface area contributed by atoms with Gasteiger partial charge in [0.2, 0.25) is 0 Å². The fraction of sp³-hybridized carbons (Fsp3) is 0.263. The van der Waals surface area contributed by atoms with Gasteiger partial charge in [0, 0.05) is 12.7 Å². The maximum absolute atomic E-state index is 5.56. The third-order valence-electron chi connectivity index (χ3n) is 3.99. The minimum Gasteiger partial charge on any atom is -0.494 e. The standard InChI is InChI=1S/C19H21N3OS2/c1-4-23-15-11-9-14(10-12-15)20-19(24)22(3)13(2)18-21-16-7-5-6-8-17(16)25-18/h5-13H,4H2,1-3H3,(H,20,24)/t13-/m1/s1. The Morgan fingerprint density at radius 3 is 2.64 bits per heavy atom. The second kappa shape index (κ2) is 7.80. The van der Waals surface area contributed by atoms with Crippen molar-refractivity contribution in [2.24, 2.45) is 0 Å². The zero-order valence-electron chi connectivity index (χ0n) is 14.5. The Labute approximate surface area is 157 Å². The first-order valence-electron chi connectivity index (χ1n) is 8.20. The van der Waals surface area contributed by atoms with Crippen LogP contribution in [0.15, 0.2) is 48.5 Å². The topological polar surface area (TPSA) is 37.4 Å². The molecule has 0 aliphatic heterocycles. The molecule has 0 saturated carbocycles. The summed E-state index contributed by atoms with van der Waals surface area (Å²) in [6.45, 7) is 4.75. The summed E-state index contributed by atoms with van der Waals surface area (Å²) < 4.78 is 6.66. The van der Waals surface area contributed by atoms with Crippen molar-refractivity contribution >= 4 is 44.6 Å². The van der Waals surface area contributed by atoms with Crippen molar-refractivity contribution in [1.82, 2.24) is 9.88 Å². The van der Waals surface area contributed by atoms with Crippen molar-refractivity contribution < 1.29 is 4.74 Å². The molecule has 0 fully saturated rings. The van der Waals surface area contributed by atoms with Crippen molar-refractivity contribution in [2.45, 2.75) is 19.9 Å². The zero-order valence-corrected chi connectivity index (χ0v) is 16.2. The number of anilines is 1. The van der Waals surface area contributed by atoms with E-state index in [0.29, 0.717) is 11.7 Å². The van der Waals surface area contributed by atoms with E-state index in [1.165, 1.54) is 4.70 Å². The third-order valence-corrected chi connectivity index (χ3v) is 5.58. The van der Waals surface area contributed by atoms with Gasteiger partial charge in [-0.2, -0.15) is 0 Å². The summed E-state index contributed by atoms with van der Waals surface area (Å²) in [5.74, 6) is 0.857. The Morgan fingerprint density at radius 1 is 1.24 bits per heavy atom. The van der Waals surface area contributed by atoms with Crippen LogP contribution in [0.3, 0.4) is 0 Å². The number of ether oxygens (including phenoxy) is 1. The first kappa shape index (κ1) is 17.6. The number of hydrogen-bond acceptors (Lipinski definition) is 4. The van der Waals surface area contributed by atoms with Gasteiger partial charge in [0.05, 0.1) is 22.9 Å². The molecule has 130 valence electrons. The molecule has 0 unspecified atom stereocenters. The average molecular weight is 372 g/mol. The first-order valence-corrected chi connectivity index (χ1v) is 9.43. The first-order chi connectivity index (χ1) is 12.1. The van der Waals surface area contributed by atoms with E-state index in [2.05, 4.69) is 18.3 Å². The number of thiazole rings is 1. The van der Waals surface area contributed by atoms with Crippen LogP contribution in [0.1, 0.15) is 24.9 Å². The number of nitrogens with zero attached hydrogens (tertiary/aromatic N) is 2.